The molecule has 1 amide bonds. The molecule has 1 heterocycles. The Morgan fingerprint density at radius 3 is 2.33 bits per heavy atom. The predicted octanol–water partition coefficient (Wildman–Crippen LogP) is 1.89. The number of nitrogens with one attached hydrogen (secondary N) is 3. The van der Waals surface area contributed by atoms with Crippen LogP contribution < -0.4 is 16.0 Å². The molecule has 0 aliphatic heterocycles. The fourth-order valence-corrected chi connectivity index (χ4v) is 1.48. The quantitative estimate of drug-likeness (QED) is 0.689. The molecule has 0 saturated heterocycles. The number of nitrogens with zero attached hydrogens (tertiary/aromatic N) is 3. The molecule has 118 valence electrons. The molecule has 0 unspecified atom stereocenters. The SMILES string of the molecule is CCNc1nc(Cl)nc(NCCNC(=O)OC(C)(C)C)n1. The molecular weight excluding hydrogens is 296 g/mol. The summed E-state index contributed by atoms with van der Waals surface area (Å²) >= 11 is 5.79. The first-order valence-corrected chi connectivity index (χ1v) is 7.04. The van der Waals surface area contributed by atoms with Gasteiger partial charge in [0.05, 0.1) is 0 Å². The van der Waals surface area contributed by atoms with Crippen molar-refractivity contribution in [2.24, 2.45) is 0 Å². The molecule has 0 atom stereocenters. The number of anilines is 2. The first-order valence-electron chi connectivity index (χ1n) is 6.66. The standard InChI is InChI=1S/C12H21ClN6O2/c1-5-14-9-17-8(13)18-10(19-9)15-6-7-16-11(20)21-12(2,3)4/h5-7H2,1-4H3,(H,16,20)(H2,14,15,17,18,19). The molecule has 0 aliphatic rings. The molecular formula is C12H21ClN6O2. The molecule has 0 bridgehead atoms. The second-order valence-electron chi connectivity index (χ2n) is 5.14. The van der Waals surface area contributed by atoms with E-state index in [-0.39, 0.29) is 5.28 Å². The average Bonchev–Trinajstić information content (AvgIpc) is 2.32. The van der Waals surface area contributed by atoms with Crippen molar-refractivity contribution in [1.29, 1.82) is 0 Å². The number of halogens is 1. The minimum Gasteiger partial charge on any atom is -0.444 e. The van der Waals surface area contributed by atoms with Crippen LogP contribution in [0.1, 0.15) is 27.7 Å². The van der Waals surface area contributed by atoms with Crippen LogP contribution in [0.3, 0.4) is 0 Å². The lowest BCUT2D eigenvalue weighted by Crippen LogP contribution is -2.35. The molecule has 1 rings (SSSR count). The van der Waals surface area contributed by atoms with Crippen molar-refractivity contribution in [2.75, 3.05) is 30.3 Å². The van der Waals surface area contributed by atoms with Crippen LogP contribution in [0.5, 0.6) is 0 Å². The van der Waals surface area contributed by atoms with Crippen molar-refractivity contribution in [3.8, 4) is 0 Å². The summed E-state index contributed by atoms with van der Waals surface area (Å²) in [6.45, 7) is 8.83. The van der Waals surface area contributed by atoms with Crippen molar-refractivity contribution in [2.45, 2.75) is 33.3 Å². The molecule has 0 saturated carbocycles. The Bertz CT molecular complexity index is 477. The van der Waals surface area contributed by atoms with Gasteiger partial charge < -0.3 is 20.7 Å². The molecule has 21 heavy (non-hydrogen) atoms. The summed E-state index contributed by atoms with van der Waals surface area (Å²) in [6, 6.07) is 0. The summed E-state index contributed by atoms with van der Waals surface area (Å²) in [5.41, 5.74) is -0.514. The van der Waals surface area contributed by atoms with Gasteiger partial charge in [-0.15, -0.1) is 0 Å². The molecule has 0 fully saturated rings. The lowest BCUT2D eigenvalue weighted by molar-refractivity contribution is 0.0530. The summed E-state index contributed by atoms with van der Waals surface area (Å²) in [5, 5.41) is 8.61. The van der Waals surface area contributed by atoms with E-state index in [1.165, 1.54) is 0 Å². The molecule has 9 heteroatoms. The van der Waals surface area contributed by atoms with Gasteiger partial charge in [-0.2, -0.15) is 15.0 Å². The Labute approximate surface area is 129 Å². The highest BCUT2D eigenvalue weighted by molar-refractivity contribution is 6.28. The molecule has 3 N–H and O–H groups in total. The average molecular weight is 317 g/mol. The molecule has 8 nitrogen and oxygen atoms in total. The highest BCUT2D eigenvalue weighted by Crippen LogP contribution is 2.09. The number of amides is 1. The molecule has 1 aromatic heterocycles. The number of rotatable bonds is 6. The third-order valence-electron chi connectivity index (χ3n) is 2.02. The number of hydrogen-bond donors (Lipinski definition) is 3. The monoisotopic (exact) mass is 316 g/mol. The van der Waals surface area contributed by atoms with Crippen LogP contribution in [0.15, 0.2) is 0 Å². The van der Waals surface area contributed by atoms with E-state index in [2.05, 4.69) is 30.9 Å². The van der Waals surface area contributed by atoms with Crippen LogP contribution in [0.25, 0.3) is 0 Å². The van der Waals surface area contributed by atoms with E-state index >= 15 is 0 Å². The number of carbonyl (C=O) groups is 1. The van der Waals surface area contributed by atoms with Gasteiger partial charge in [-0.1, -0.05) is 0 Å². The zero-order chi connectivity index (χ0) is 15.9. The maximum atomic E-state index is 11.4. The molecule has 0 spiro atoms. The Morgan fingerprint density at radius 2 is 1.76 bits per heavy atom. The van der Waals surface area contributed by atoms with Crippen LogP contribution in [0.4, 0.5) is 16.7 Å². The van der Waals surface area contributed by atoms with Gasteiger partial charge in [-0.05, 0) is 39.3 Å². The van der Waals surface area contributed by atoms with E-state index in [9.17, 15) is 4.79 Å². The first kappa shape index (κ1) is 17.2. The van der Waals surface area contributed by atoms with Crippen LogP contribution in [-0.4, -0.2) is 46.3 Å². The minimum absolute atomic E-state index is 0.101. The van der Waals surface area contributed by atoms with Gasteiger partial charge in [0.1, 0.15) is 5.60 Å². The largest absolute Gasteiger partial charge is 0.444 e. The number of alkyl carbamates (subject to hydrolysis) is 1. The van der Waals surface area contributed by atoms with E-state index in [1.807, 2.05) is 6.92 Å². The summed E-state index contributed by atoms with van der Waals surface area (Å²) in [7, 11) is 0. The topological polar surface area (TPSA) is 101 Å². The van der Waals surface area contributed by atoms with Gasteiger partial charge in [-0.3, -0.25) is 0 Å². The maximum Gasteiger partial charge on any atom is 0.407 e. The van der Waals surface area contributed by atoms with Gasteiger partial charge in [0.2, 0.25) is 17.2 Å². The fraction of sp³-hybridized carbons (Fsp3) is 0.667. The molecule has 0 radical (unpaired) electrons. The second-order valence-corrected chi connectivity index (χ2v) is 5.48. The number of aromatic nitrogens is 3. The first-order chi connectivity index (χ1) is 9.80. The lowest BCUT2D eigenvalue weighted by Gasteiger charge is -2.19. The third kappa shape index (κ3) is 7.50. The smallest absolute Gasteiger partial charge is 0.407 e. The zero-order valence-corrected chi connectivity index (χ0v) is 13.4. The summed E-state index contributed by atoms with van der Waals surface area (Å²) in [5.74, 6) is 0.747. The van der Waals surface area contributed by atoms with Crippen LogP contribution in [-0.2, 0) is 4.74 Å². The highest BCUT2D eigenvalue weighted by Gasteiger charge is 2.15. The second kappa shape index (κ2) is 7.82. The zero-order valence-electron chi connectivity index (χ0n) is 12.7. The Balaban J connectivity index is 2.37. The summed E-state index contributed by atoms with van der Waals surface area (Å²) in [6.07, 6.45) is -0.466. The Hall–Kier alpha value is -1.83. The van der Waals surface area contributed by atoms with Crippen LogP contribution >= 0.6 is 11.6 Å². The lowest BCUT2D eigenvalue weighted by atomic mass is 10.2. The fourth-order valence-electron chi connectivity index (χ4n) is 1.32. The maximum absolute atomic E-state index is 11.4. The highest BCUT2D eigenvalue weighted by atomic mass is 35.5. The Morgan fingerprint density at radius 1 is 1.14 bits per heavy atom. The van der Waals surface area contributed by atoms with Gasteiger partial charge in [0.25, 0.3) is 0 Å². The van der Waals surface area contributed by atoms with Gasteiger partial charge in [0.15, 0.2) is 0 Å². The van der Waals surface area contributed by atoms with Gasteiger partial charge in [0, 0.05) is 19.6 Å². The van der Waals surface area contributed by atoms with E-state index in [0.29, 0.717) is 31.5 Å². The van der Waals surface area contributed by atoms with E-state index in [1.54, 1.807) is 20.8 Å². The van der Waals surface area contributed by atoms with E-state index < -0.39 is 11.7 Å². The number of ether oxygens (including phenoxy) is 1. The Kier molecular flexibility index (Phi) is 6.41. The molecule has 0 aliphatic carbocycles. The number of hydrogen-bond acceptors (Lipinski definition) is 7. The van der Waals surface area contributed by atoms with Gasteiger partial charge in [-0.25, -0.2) is 4.79 Å². The van der Waals surface area contributed by atoms with Crippen molar-refractivity contribution in [1.82, 2.24) is 20.3 Å². The normalized spacial score (nSPS) is 10.9. The van der Waals surface area contributed by atoms with E-state index in [4.69, 9.17) is 16.3 Å². The summed E-state index contributed by atoms with van der Waals surface area (Å²) < 4.78 is 5.11. The molecule has 0 aromatic carbocycles. The van der Waals surface area contributed by atoms with Crippen LogP contribution in [0, 0.1) is 0 Å². The predicted molar refractivity (Wildman–Crippen MR) is 81.7 cm³/mol. The van der Waals surface area contributed by atoms with Crippen molar-refractivity contribution in [3.05, 3.63) is 5.28 Å². The molecule has 1 aromatic rings. The van der Waals surface area contributed by atoms with Crippen LogP contribution in [0.2, 0.25) is 5.28 Å². The van der Waals surface area contributed by atoms with Crippen molar-refractivity contribution >= 4 is 29.6 Å². The van der Waals surface area contributed by atoms with Gasteiger partial charge >= 0.3 is 6.09 Å². The third-order valence-corrected chi connectivity index (χ3v) is 2.19. The van der Waals surface area contributed by atoms with Crippen molar-refractivity contribution < 1.29 is 9.53 Å². The van der Waals surface area contributed by atoms with Crippen molar-refractivity contribution in [3.63, 3.8) is 0 Å². The summed E-state index contributed by atoms with van der Waals surface area (Å²) in [4.78, 5) is 23.4. The minimum atomic E-state index is -0.514. The van der Waals surface area contributed by atoms with E-state index in [0.717, 1.165) is 0 Å². The number of carbonyl (C=O) groups excluding carboxylic acids is 1.